The minimum absolute atomic E-state index is 0.102. The Bertz CT molecular complexity index is 238. The van der Waals surface area contributed by atoms with E-state index in [-0.39, 0.29) is 5.97 Å². The number of esters is 1. The Morgan fingerprint density at radius 3 is 2.78 bits per heavy atom. The lowest BCUT2D eigenvalue weighted by atomic mass is 10.0. The maximum atomic E-state index is 11.1. The van der Waals surface area contributed by atoms with Crippen LogP contribution in [0.5, 0.6) is 0 Å². The number of ether oxygens (including phenoxy) is 1. The standard InChI is InChI=1S/C14H28N2O2/c1-12(2)16(10-6-8-14(17)18-3)11-13-7-4-5-9-15-13/h12-13,15H,4-11H2,1-3H3. The fraction of sp³-hybridized carbons (Fsp3) is 0.929. The molecule has 1 aliphatic heterocycles. The van der Waals surface area contributed by atoms with Crippen molar-refractivity contribution in [3.8, 4) is 0 Å². The van der Waals surface area contributed by atoms with Gasteiger partial charge >= 0.3 is 5.97 Å². The molecule has 0 aromatic carbocycles. The maximum absolute atomic E-state index is 11.1. The average molecular weight is 256 g/mol. The first-order valence-electron chi connectivity index (χ1n) is 7.17. The molecule has 4 heteroatoms. The van der Waals surface area contributed by atoms with E-state index < -0.39 is 0 Å². The summed E-state index contributed by atoms with van der Waals surface area (Å²) in [6.07, 6.45) is 5.34. The number of methoxy groups -OCH3 is 1. The van der Waals surface area contributed by atoms with Gasteiger partial charge in [0.25, 0.3) is 0 Å². The molecule has 1 heterocycles. The van der Waals surface area contributed by atoms with Crippen LogP contribution < -0.4 is 5.32 Å². The third-order valence-corrected chi connectivity index (χ3v) is 3.65. The Morgan fingerprint density at radius 2 is 2.22 bits per heavy atom. The third kappa shape index (κ3) is 5.83. The summed E-state index contributed by atoms with van der Waals surface area (Å²) in [5.41, 5.74) is 0. The van der Waals surface area contributed by atoms with Gasteiger partial charge in [0, 0.05) is 25.0 Å². The molecule has 1 atom stereocenters. The van der Waals surface area contributed by atoms with Gasteiger partial charge in [-0.1, -0.05) is 6.42 Å². The third-order valence-electron chi connectivity index (χ3n) is 3.65. The molecule has 1 saturated heterocycles. The number of hydrogen-bond acceptors (Lipinski definition) is 4. The number of carbonyl (C=O) groups excluding carboxylic acids is 1. The Labute approximate surface area is 111 Å². The second-order valence-corrected chi connectivity index (χ2v) is 5.42. The van der Waals surface area contributed by atoms with Crippen LogP contribution in [0.2, 0.25) is 0 Å². The molecule has 18 heavy (non-hydrogen) atoms. The predicted molar refractivity (Wildman–Crippen MR) is 73.6 cm³/mol. The second kappa shape index (κ2) is 8.48. The molecule has 106 valence electrons. The molecule has 1 aliphatic rings. The zero-order chi connectivity index (χ0) is 13.4. The van der Waals surface area contributed by atoms with E-state index in [1.165, 1.54) is 26.4 Å². The van der Waals surface area contributed by atoms with E-state index in [0.29, 0.717) is 18.5 Å². The molecule has 0 saturated carbocycles. The molecule has 0 spiro atoms. The highest BCUT2D eigenvalue weighted by Gasteiger charge is 2.18. The van der Waals surface area contributed by atoms with Crippen LogP contribution in [0.25, 0.3) is 0 Å². The summed E-state index contributed by atoms with van der Waals surface area (Å²) in [5.74, 6) is -0.102. The highest BCUT2D eigenvalue weighted by Crippen LogP contribution is 2.11. The zero-order valence-electron chi connectivity index (χ0n) is 12.1. The van der Waals surface area contributed by atoms with Crippen molar-refractivity contribution < 1.29 is 9.53 Å². The van der Waals surface area contributed by atoms with Crippen molar-refractivity contribution in [2.75, 3.05) is 26.7 Å². The Kier molecular flexibility index (Phi) is 7.28. The lowest BCUT2D eigenvalue weighted by molar-refractivity contribution is -0.140. The Morgan fingerprint density at radius 1 is 1.44 bits per heavy atom. The fourth-order valence-corrected chi connectivity index (χ4v) is 2.45. The number of nitrogens with zero attached hydrogens (tertiary/aromatic N) is 1. The van der Waals surface area contributed by atoms with Crippen molar-refractivity contribution in [2.45, 2.75) is 58.0 Å². The normalized spacial score (nSPS) is 20.4. The van der Waals surface area contributed by atoms with Gasteiger partial charge < -0.3 is 10.1 Å². The van der Waals surface area contributed by atoms with E-state index in [9.17, 15) is 4.79 Å². The summed E-state index contributed by atoms with van der Waals surface area (Å²) >= 11 is 0. The fourth-order valence-electron chi connectivity index (χ4n) is 2.45. The molecule has 0 aliphatic carbocycles. The van der Waals surface area contributed by atoms with Crippen LogP contribution in [0.1, 0.15) is 46.0 Å². The van der Waals surface area contributed by atoms with E-state index in [4.69, 9.17) is 0 Å². The quantitative estimate of drug-likeness (QED) is 0.705. The van der Waals surface area contributed by atoms with E-state index >= 15 is 0 Å². The molecule has 0 aromatic rings. The molecule has 1 N–H and O–H groups in total. The minimum atomic E-state index is -0.102. The van der Waals surface area contributed by atoms with Gasteiger partial charge in [-0.2, -0.15) is 0 Å². The number of piperidine rings is 1. The lowest BCUT2D eigenvalue weighted by Gasteiger charge is -2.33. The van der Waals surface area contributed by atoms with Gasteiger partial charge in [-0.05, 0) is 46.2 Å². The molecule has 1 unspecified atom stereocenters. The lowest BCUT2D eigenvalue weighted by Crippen LogP contribution is -2.46. The first kappa shape index (κ1) is 15.4. The summed E-state index contributed by atoms with van der Waals surface area (Å²) in [4.78, 5) is 13.6. The van der Waals surface area contributed by atoms with Gasteiger partial charge in [-0.3, -0.25) is 9.69 Å². The van der Waals surface area contributed by atoms with Gasteiger partial charge in [-0.15, -0.1) is 0 Å². The molecule has 4 nitrogen and oxygen atoms in total. The highest BCUT2D eigenvalue weighted by molar-refractivity contribution is 5.69. The van der Waals surface area contributed by atoms with E-state index in [1.807, 2.05) is 0 Å². The van der Waals surface area contributed by atoms with Crippen molar-refractivity contribution in [1.82, 2.24) is 10.2 Å². The molecule has 1 fully saturated rings. The Balaban J connectivity index is 2.27. The summed E-state index contributed by atoms with van der Waals surface area (Å²) in [6, 6.07) is 1.16. The monoisotopic (exact) mass is 256 g/mol. The molecular formula is C14H28N2O2. The van der Waals surface area contributed by atoms with Crippen molar-refractivity contribution in [2.24, 2.45) is 0 Å². The summed E-state index contributed by atoms with van der Waals surface area (Å²) in [6.45, 7) is 7.67. The smallest absolute Gasteiger partial charge is 0.305 e. The molecule has 0 bridgehead atoms. The van der Waals surface area contributed by atoms with Gasteiger partial charge in [0.2, 0.25) is 0 Å². The molecule has 0 aromatic heterocycles. The molecule has 0 radical (unpaired) electrons. The molecule has 0 amide bonds. The SMILES string of the molecule is COC(=O)CCCN(CC1CCCCN1)C(C)C. The van der Waals surface area contributed by atoms with Crippen LogP contribution in [-0.2, 0) is 9.53 Å². The average Bonchev–Trinajstić information content (AvgIpc) is 2.38. The van der Waals surface area contributed by atoms with Crippen molar-refractivity contribution in [3.63, 3.8) is 0 Å². The van der Waals surface area contributed by atoms with E-state index in [0.717, 1.165) is 26.1 Å². The number of hydrogen-bond donors (Lipinski definition) is 1. The molecule has 1 rings (SSSR count). The van der Waals surface area contributed by atoms with Crippen LogP contribution in [0.15, 0.2) is 0 Å². The van der Waals surface area contributed by atoms with Crippen molar-refractivity contribution in [1.29, 1.82) is 0 Å². The maximum Gasteiger partial charge on any atom is 0.305 e. The van der Waals surface area contributed by atoms with Gasteiger partial charge in [0.1, 0.15) is 0 Å². The van der Waals surface area contributed by atoms with Gasteiger partial charge in [-0.25, -0.2) is 0 Å². The topological polar surface area (TPSA) is 41.6 Å². The van der Waals surface area contributed by atoms with Crippen LogP contribution >= 0.6 is 0 Å². The summed E-state index contributed by atoms with van der Waals surface area (Å²) in [5, 5.41) is 3.58. The minimum Gasteiger partial charge on any atom is -0.469 e. The Hall–Kier alpha value is -0.610. The van der Waals surface area contributed by atoms with E-state index in [1.54, 1.807) is 0 Å². The van der Waals surface area contributed by atoms with Gasteiger partial charge in [0.05, 0.1) is 7.11 Å². The summed E-state index contributed by atoms with van der Waals surface area (Å²) < 4.78 is 4.67. The zero-order valence-corrected chi connectivity index (χ0v) is 12.1. The predicted octanol–water partition coefficient (Wildman–Crippen LogP) is 1.79. The van der Waals surface area contributed by atoms with Crippen molar-refractivity contribution in [3.05, 3.63) is 0 Å². The highest BCUT2D eigenvalue weighted by atomic mass is 16.5. The first-order valence-corrected chi connectivity index (χ1v) is 7.17. The van der Waals surface area contributed by atoms with Crippen LogP contribution in [0.3, 0.4) is 0 Å². The first-order chi connectivity index (χ1) is 8.63. The summed E-state index contributed by atoms with van der Waals surface area (Å²) in [7, 11) is 1.45. The van der Waals surface area contributed by atoms with E-state index in [2.05, 4.69) is 28.8 Å². The van der Waals surface area contributed by atoms with Crippen LogP contribution in [0, 0.1) is 0 Å². The van der Waals surface area contributed by atoms with Crippen molar-refractivity contribution >= 4 is 5.97 Å². The molecular weight excluding hydrogens is 228 g/mol. The number of carbonyl (C=O) groups is 1. The number of nitrogens with one attached hydrogen (secondary N) is 1. The second-order valence-electron chi connectivity index (χ2n) is 5.42. The largest absolute Gasteiger partial charge is 0.469 e. The van der Waals surface area contributed by atoms with Crippen LogP contribution in [0.4, 0.5) is 0 Å². The van der Waals surface area contributed by atoms with Gasteiger partial charge in [0.15, 0.2) is 0 Å². The number of rotatable bonds is 7. The van der Waals surface area contributed by atoms with Crippen LogP contribution in [-0.4, -0.2) is 49.7 Å².